The highest BCUT2D eigenvalue weighted by molar-refractivity contribution is 5.73. The van der Waals surface area contributed by atoms with Crippen LogP contribution in [0.2, 0.25) is 0 Å². The minimum atomic E-state index is -1.61. The smallest absolute Gasteiger partial charge is 0.217 e. The molecule has 2 fully saturated rings. The van der Waals surface area contributed by atoms with Crippen molar-refractivity contribution in [2.45, 2.75) is 82.1 Å². The van der Waals surface area contributed by atoms with Crippen LogP contribution in [0.5, 0.6) is 0 Å². The Balaban J connectivity index is 2.29. The molecule has 0 radical (unpaired) electrons. The molecule has 2 amide bonds. The highest BCUT2D eigenvalue weighted by Gasteiger charge is 2.50. The van der Waals surface area contributed by atoms with Crippen molar-refractivity contribution in [2.75, 3.05) is 6.61 Å². The van der Waals surface area contributed by atoms with Crippen LogP contribution in [0.25, 0.3) is 0 Å². The van der Waals surface area contributed by atoms with Crippen LogP contribution in [-0.4, -0.2) is 105 Å². The summed E-state index contributed by atoms with van der Waals surface area (Å²) in [5, 5.41) is 55.1. The zero-order chi connectivity index (χ0) is 21.2. The first kappa shape index (κ1) is 22.9. The molecule has 0 aliphatic carbocycles. The third-order valence-corrected chi connectivity index (χ3v) is 4.74. The van der Waals surface area contributed by atoms with Gasteiger partial charge in [-0.2, -0.15) is 0 Å². The molecule has 2 aliphatic rings. The van der Waals surface area contributed by atoms with Crippen LogP contribution in [0.15, 0.2) is 0 Å². The van der Waals surface area contributed by atoms with Crippen molar-refractivity contribution < 1.29 is 49.3 Å². The number of nitrogens with one attached hydrogen (secondary N) is 2. The molecule has 2 saturated heterocycles. The largest absolute Gasteiger partial charge is 0.394 e. The standard InChI is InChI=1S/C16H28N2O10/c1-5-11(22)13(24)9(17-6(2)20)16(26-5)28-14-10(18-7(3)21)15(25)27-8(4-19)12(14)23/h5,8-16,19,22-25H,4H2,1-3H3,(H,17,20)(H,18,21)/t5-,8+,9-,10+,11-,12+,13-,14+,15+,16-/m0/s1. The lowest BCUT2D eigenvalue weighted by molar-refractivity contribution is -0.319. The van der Waals surface area contributed by atoms with E-state index < -0.39 is 79.7 Å². The zero-order valence-corrected chi connectivity index (χ0v) is 15.8. The molecule has 28 heavy (non-hydrogen) atoms. The summed E-state index contributed by atoms with van der Waals surface area (Å²) in [6.45, 7) is 3.23. The van der Waals surface area contributed by atoms with Gasteiger partial charge in [-0.15, -0.1) is 0 Å². The first-order chi connectivity index (χ1) is 13.1. The molecular formula is C16H28N2O10. The average Bonchev–Trinajstić information content (AvgIpc) is 2.61. The number of hydrogen-bond donors (Lipinski definition) is 7. The Bertz CT molecular complexity index is 550. The molecule has 12 heteroatoms. The molecular weight excluding hydrogens is 380 g/mol. The van der Waals surface area contributed by atoms with Crippen LogP contribution in [0, 0.1) is 0 Å². The molecule has 2 heterocycles. The second-order valence-corrected chi connectivity index (χ2v) is 6.98. The molecule has 0 spiro atoms. The van der Waals surface area contributed by atoms with E-state index in [-0.39, 0.29) is 0 Å². The average molecular weight is 408 g/mol. The lowest BCUT2D eigenvalue weighted by Crippen LogP contribution is -2.69. The van der Waals surface area contributed by atoms with Crippen LogP contribution in [0.3, 0.4) is 0 Å². The van der Waals surface area contributed by atoms with Crippen molar-refractivity contribution in [1.82, 2.24) is 10.6 Å². The molecule has 10 atom stereocenters. The lowest BCUT2D eigenvalue weighted by atomic mass is 9.94. The molecule has 0 aromatic carbocycles. The summed E-state index contributed by atoms with van der Waals surface area (Å²) in [5.74, 6) is -1.06. The zero-order valence-electron chi connectivity index (χ0n) is 15.8. The third kappa shape index (κ3) is 4.96. The minimum absolute atomic E-state index is 0.526. The maximum Gasteiger partial charge on any atom is 0.217 e. The van der Waals surface area contributed by atoms with Gasteiger partial charge in [-0.1, -0.05) is 0 Å². The van der Waals surface area contributed by atoms with Crippen molar-refractivity contribution >= 4 is 11.8 Å². The van der Waals surface area contributed by atoms with Crippen LogP contribution in [0.4, 0.5) is 0 Å². The van der Waals surface area contributed by atoms with E-state index in [4.69, 9.17) is 14.2 Å². The van der Waals surface area contributed by atoms with Crippen molar-refractivity contribution in [3.05, 3.63) is 0 Å². The molecule has 162 valence electrons. The summed E-state index contributed by atoms with van der Waals surface area (Å²) in [4.78, 5) is 23.0. The first-order valence-corrected chi connectivity index (χ1v) is 8.90. The van der Waals surface area contributed by atoms with E-state index in [1.807, 2.05) is 0 Å². The monoisotopic (exact) mass is 408 g/mol. The normalized spacial score (nSPS) is 44.0. The summed E-state index contributed by atoms with van der Waals surface area (Å²) in [7, 11) is 0. The van der Waals surface area contributed by atoms with Crippen LogP contribution in [-0.2, 0) is 23.8 Å². The van der Waals surface area contributed by atoms with Gasteiger partial charge in [0.15, 0.2) is 12.6 Å². The van der Waals surface area contributed by atoms with Crippen molar-refractivity contribution in [1.29, 1.82) is 0 Å². The van der Waals surface area contributed by atoms with Crippen LogP contribution in [0.1, 0.15) is 20.8 Å². The highest BCUT2D eigenvalue weighted by Crippen LogP contribution is 2.28. The van der Waals surface area contributed by atoms with Gasteiger partial charge in [-0.3, -0.25) is 9.59 Å². The molecule has 0 aromatic rings. The van der Waals surface area contributed by atoms with Gasteiger partial charge in [0, 0.05) is 13.8 Å². The van der Waals surface area contributed by atoms with Crippen LogP contribution < -0.4 is 10.6 Å². The molecule has 0 unspecified atom stereocenters. The second kappa shape index (κ2) is 9.41. The fourth-order valence-corrected chi connectivity index (χ4v) is 3.32. The fraction of sp³-hybridized carbons (Fsp3) is 0.875. The van der Waals surface area contributed by atoms with Crippen molar-refractivity contribution in [3.8, 4) is 0 Å². The Morgan fingerprint density at radius 1 is 0.929 bits per heavy atom. The van der Waals surface area contributed by atoms with E-state index in [1.54, 1.807) is 0 Å². The maximum atomic E-state index is 11.5. The van der Waals surface area contributed by atoms with E-state index in [9.17, 15) is 35.1 Å². The second-order valence-electron chi connectivity index (χ2n) is 6.98. The lowest BCUT2D eigenvalue weighted by Gasteiger charge is -2.47. The van der Waals surface area contributed by atoms with Gasteiger partial charge in [-0.25, -0.2) is 0 Å². The molecule has 0 bridgehead atoms. The number of carbonyl (C=O) groups is 2. The van der Waals surface area contributed by atoms with Crippen molar-refractivity contribution in [3.63, 3.8) is 0 Å². The number of ether oxygens (including phenoxy) is 3. The van der Waals surface area contributed by atoms with Crippen molar-refractivity contribution in [2.24, 2.45) is 0 Å². The fourth-order valence-electron chi connectivity index (χ4n) is 3.32. The Kier molecular flexibility index (Phi) is 7.70. The number of rotatable bonds is 5. The first-order valence-electron chi connectivity index (χ1n) is 8.90. The summed E-state index contributed by atoms with van der Waals surface area (Å²) in [5.41, 5.74) is 0. The maximum absolute atomic E-state index is 11.5. The van der Waals surface area contributed by atoms with Gasteiger partial charge in [0.2, 0.25) is 11.8 Å². The number of carbonyl (C=O) groups excluding carboxylic acids is 2. The third-order valence-electron chi connectivity index (χ3n) is 4.74. The predicted molar refractivity (Wildman–Crippen MR) is 90.4 cm³/mol. The highest BCUT2D eigenvalue weighted by atomic mass is 16.7. The van der Waals surface area contributed by atoms with E-state index in [2.05, 4.69) is 10.6 Å². The number of amides is 2. The van der Waals surface area contributed by atoms with Crippen LogP contribution >= 0.6 is 0 Å². The van der Waals surface area contributed by atoms with E-state index >= 15 is 0 Å². The number of aliphatic hydroxyl groups excluding tert-OH is 5. The Hall–Kier alpha value is -1.38. The Morgan fingerprint density at radius 3 is 2.04 bits per heavy atom. The van der Waals surface area contributed by atoms with E-state index in [0.717, 1.165) is 0 Å². The summed E-state index contributed by atoms with van der Waals surface area (Å²) in [6.07, 6.45) is -10.6. The van der Waals surface area contributed by atoms with Gasteiger partial charge in [0.1, 0.15) is 42.6 Å². The number of hydrogen-bond acceptors (Lipinski definition) is 10. The Morgan fingerprint density at radius 2 is 1.50 bits per heavy atom. The summed E-state index contributed by atoms with van der Waals surface area (Å²) < 4.78 is 16.4. The van der Waals surface area contributed by atoms with E-state index in [0.29, 0.717) is 0 Å². The molecule has 2 aliphatic heterocycles. The molecule has 2 rings (SSSR count). The minimum Gasteiger partial charge on any atom is -0.394 e. The summed E-state index contributed by atoms with van der Waals surface area (Å²) in [6, 6.07) is -2.42. The topological polar surface area (TPSA) is 187 Å². The van der Waals surface area contributed by atoms with E-state index in [1.165, 1.54) is 20.8 Å². The van der Waals surface area contributed by atoms with Gasteiger partial charge >= 0.3 is 0 Å². The van der Waals surface area contributed by atoms with Gasteiger partial charge in [0.05, 0.1) is 12.7 Å². The summed E-state index contributed by atoms with van der Waals surface area (Å²) >= 11 is 0. The molecule has 0 saturated carbocycles. The molecule has 7 N–H and O–H groups in total. The predicted octanol–water partition coefficient (Wildman–Crippen LogP) is -4.08. The SMILES string of the molecule is CC(=O)N[C@@H]1[C@H](O[C@H]2[C@H](O)[C@@H](CO)O[C@@H](O)[C@@H]2NC(C)=O)O[C@@H](C)[C@H](O)[C@H]1O. The van der Waals surface area contributed by atoms with Gasteiger partial charge in [0.25, 0.3) is 0 Å². The Labute approximate surface area is 161 Å². The molecule has 12 nitrogen and oxygen atoms in total. The number of aliphatic hydroxyl groups is 5. The quantitative estimate of drug-likeness (QED) is 0.236. The van der Waals surface area contributed by atoms with Gasteiger partial charge < -0.3 is 50.4 Å². The molecule has 0 aromatic heterocycles. The van der Waals surface area contributed by atoms with Gasteiger partial charge in [-0.05, 0) is 6.92 Å².